The van der Waals surface area contributed by atoms with Crippen molar-refractivity contribution in [3.8, 4) is 0 Å². The van der Waals surface area contributed by atoms with Gasteiger partial charge in [0.1, 0.15) is 20.1 Å². The van der Waals surface area contributed by atoms with Crippen molar-refractivity contribution in [3.63, 3.8) is 0 Å². The molecule has 0 spiro atoms. The molecule has 3 rings (SSSR count). The van der Waals surface area contributed by atoms with Gasteiger partial charge in [-0.2, -0.15) is 4.31 Å². The molecule has 2 aromatic rings. The summed E-state index contributed by atoms with van der Waals surface area (Å²) in [6, 6.07) is 9.61. The lowest BCUT2D eigenvalue weighted by Crippen LogP contribution is -2.35. The van der Waals surface area contributed by atoms with Crippen LogP contribution in [0.15, 0.2) is 47.4 Å². The van der Waals surface area contributed by atoms with E-state index in [0.717, 1.165) is 0 Å². The van der Waals surface area contributed by atoms with E-state index in [1.165, 1.54) is 18.2 Å². The molecular weight excluding hydrogens is 479 g/mol. The van der Waals surface area contributed by atoms with Gasteiger partial charge in [0.25, 0.3) is 5.92 Å². The molecule has 0 bridgehead atoms. The second kappa shape index (κ2) is 10.1. The molecule has 5 N–H and O–H groups in total. The topological polar surface area (TPSA) is 145 Å². The average Bonchev–Trinajstić information content (AvgIpc) is 3.14. The molecule has 1 fully saturated rings. The first-order valence-corrected chi connectivity index (χ1v) is 12.0. The van der Waals surface area contributed by atoms with Gasteiger partial charge in [0.15, 0.2) is 0 Å². The van der Waals surface area contributed by atoms with Crippen LogP contribution >= 0.6 is 0 Å². The van der Waals surface area contributed by atoms with Crippen LogP contribution < -0.4 is 21.8 Å². The van der Waals surface area contributed by atoms with Gasteiger partial charge in [-0.05, 0) is 42.8 Å². The molecule has 1 atom stereocenters. The minimum Gasteiger partial charge on any atom is -0.384 e. The number of nitrogens with one attached hydrogen (secondary N) is 3. The molecule has 13 heteroatoms. The Balaban J connectivity index is 1.59. The summed E-state index contributed by atoms with van der Waals surface area (Å²) in [5.41, 5.74) is 6.64. The number of hydrogen-bond acceptors (Lipinski definition) is 5. The minimum absolute atomic E-state index is 0.111. The van der Waals surface area contributed by atoms with Crippen molar-refractivity contribution in [2.24, 2.45) is 5.73 Å². The average molecular weight is 503 g/mol. The van der Waals surface area contributed by atoms with E-state index in [1.807, 2.05) is 0 Å². The fourth-order valence-electron chi connectivity index (χ4n) is 3.58. The maximum atomic E-state index is 13.5. The molecule has 1 aliphatic rings. The van der Waals surface area contributed by atoms with Crippen LogP contribution in [0.2, 0.25) is 0 Å². The number of amidine groups is 1. The summed E-state index contributed by atoms with van der Waals surface area (Å²) < 4.78 is 53.1. The van der Waals surface area contributed by atoms with Gasteiger partial charge < -0.3 is 16.4 Å². The quantitative estimate of drug-likeness (QED) is 0.184. The summed E-state index contributed by atoms with van der Waals surface area (Å²) in [7, 11) is 1.73. The first kappa shape index (κ1) is 26.3. The van der Waals surface area contributed by atoms with Crippen LogP contribution in [0.3, 0.4) is 0 Å². The highest BCUT2D eigenvalue weighted by molar-refractivity contribution is 7.89. The molecule has 35 heavy (non-hydrogen) atoms. The van der Waals surface area contributed by atoms with Crippen molar-refractivity contribution in [3.05, 3.63) is 53.6 Å². The predicted octanol–water partition coefficient (Wildman–Crippen LogP) is 1.00. The first-order chi connectivity index (χ1) is 16.3. The van der Waals surface area contributed by atoms with E-state index in [9.17, 15) is 26.8 Å². The van der Waals surface area contributed by atoms with Gasteiger partial charge in [0.2, 0.25) is 21.8 Å². The maximum absolute atomic E-state index is 13.5. The van der Waals surface area contributed by atoms with E-state index in [1.54, 1.807) is 31.2 Å². The third-order valence-electron chi connectivity index (χ3n) is 5.46. The summed E-state index contributed by atoms with van der Waals surface area (Å²) in [4.78, 5) is 24.2. The number of anilines is 1. The van der Waals surface area contributed by atoms with Gasteiger partial charge >= 0.3 is 0 Å². The van der Waals surface area contributed by atoms with E-state index in [2.05, 4.69) is 10.6 Å². The van der Waals surface area contributed by atoms with Gasteiger partial charge in [-0.1, -0.05) is 17.6 Å². The van der Waals surface area contributed by atoms with Gasteiger partial charge in [-0.15, -0.1) is 0 Å². The van der Waals surface area contributed by atoms with E-state index in [0.29, 0.717) is 21.1 Å². The Morgan fingerprint density at radius 3 is 2.40 bits per heavy atom. The smallest absolute Gasteiger partial charge is 0.262 e. The Hall–Kier alpha value is -3.32. The monoisotopic (exact) mass is 503 g/mol. The molecule has 0 saturated carbocycles. The number of hydrogen-bond donors (Lipinski definition) is 4. The number of amides is 2. The second-order valence-electron chi connectivity index (χ2n) is 8.25. The number of carbonyl (C=O) groups excluding carboxylic acids is 2. The van der Waals surface area contributed by atoms with Crippen LogP contribution in [0.4, 0.5) is 14.5 Å². The lowest BCUT2D eigenvalue weighted by atomic mass is 9.92. The SMILES string of the molecule is [B]c1cc(C(C)NC(=O)CC(=O)Nc2ccc(C(=N)N)cc2)ccc1S(=O)(=O)N1CCC(F)(F)C1. The molecule has 2 amide bonds. The lowest BCUT2D eigenvalue weighted by molar-refractivity contribution is -0.127. The third-order valence-corrected chi connectivity index (χ3v) is 7.38. The fourth-order valence-corrected chi connectivity index (χ4v) is 5.15. The highest BCUT2D eigenvalue weighted by atomic mass is 32.2. The Kier molecular flexibility index (Phi) is 7.60. The van der Waals surface area contributed by atoms with Gasteiger partial charge in [0.05, 0.1) is 17.5 Å². The van der Waals surface area contributed by atoms with Gasteiger partial charge in [-0.3, -0.25) is 15.0 Å². The van der Waals surface area contributed by atoms with Crippen LogP contribution in [0, 0.1) is 5.41 Å². The normalized spacial score (nSPS) is 16.4. The van der Waals surface area contributed by atoms with Crippen LogP contribution in [0.25, 0.3) is 0 Å². The summed E-state index contributed by atoms with van der Waals surface area (Å²) in [5, 5.41) is 12.5. The zero-order valence-electron chi connectivity index (χ0n) is 18.8. The van der Waals surface area contributed by atoms with E-state index in [-0.39, 0.29) is 22.7 Å². The fraction of sp³-hybridized carbons (Fsp3) is 0.318. The number of halogens is 2. The highest BCUT2D eigenvalue weighted by Gasteiger charge is 2.43. The Bertz CT molecular complexity index is 1250. The van der Waals surface area contributed by atoms with Crippen LogP contribution in [-0.2, 0) is 19.6 Å². The van der Waals surface area contributed by atoms with Gasteiger partial charge in [0, 0.05) is 24.2 Å². The number of nitrogen functional groups attached to an aromatic ring is 1. The summed E-state index contributed by atoms with van der Waals surface area (Å²) in [6.07, 6.45) is -1.02. The number of nitrogens with zero attached hydrogens (tertiary/aromatic N) is 1. The number of benzene rings is 2. The van der Waals surface area contributed by atoms with Crippen molar-refractivity contribution in [1.82, 2.24) is 9.62 Å². The summed E-state index contributed by atoms with van der Waals surface area (Å²) >= 11 is 0. The Morgan fingerprint density at radius 1 is 1.20 bits per heavy atom. The maximum Gasteiger partial charge on any atom is 0.262 e. The summed E-state index contributed by atoms with van der Waals surface area (Å²) in [6.45, 7) is 0.429. The van der Waals surface area contributed by atoms with E-state index < -0.39 is 53.2 Å². The Labute approximate surface area is 203 Å². The van der Waals surface area contributed by atoms with E-state index >= 15 is 0 Å². The van der Waals surface area contributed by atoms with Crippen molar-refractivity contribution in [1.29, 1.82) is 5.41 Å². The number of alkyl halides is 2. The highest BCUT2D eigenvalue weighted by Crippen LogP contribution is 2.31. The minimum atomic E-state index is -4.19. The zero-order chi connectivity index (χ0) is 26.0. The molecule has 0 aliphatic carbocycles. The lowest BCUT2D eigenvalue weighted by Gasteiger charge is -2.20. The van der Waals surface area contributed by atoms with Crippen molar-refractivity contribution >= 4 is 46.7 Å². The zero-order valence-corrected chi connectivity index (χ0v) is 19.7. The predicted molar refractivity (Wildman–Crippen MR) is 127 cm³/mol. The van der Waals surface area contributed by atoms with Crippen molar-refractivity contribution < 1.29 is 26.8 Å². The number of carbonyl (C=O) groups is 2. The number of rotatable bonds is 8. The van der Waals surface area contributed by atoms with Crippen LogP contribution in [0.1, 0.15) is 36.9 Å². The number of nitrogens with two attached hydrogens (primary N) is 1. The molecule has 2 aromatic carbocycles. The molecule has 184 valence electrons. The first-order valence-electron chi connectivity index (χ1n) is 10.6. The molecule has 1 saturated heterocycles. The Morgan fingerprint density at radius 2 is 1.86 bits per heavy atom. The molecule has 0 aromatic heterocycles. The third kappa shape index (κ3) is 6.43. The number of sulfonamides is 1. The summed E-state index contributed by atoms with van der Waals surface area (Å²) in [5.74, 6) is -4.33. The molecule has 1 aliphatic heterocycles. The van der Waals surface area contributed by atoms with Gasteiger partial charge in [-0.25, -0.2) is 17.2 Å². The second-order valence-corrected chi connectivity index (χ2v) is 10.2. The molecule has 1 heterocycles. The molecule has 2 radical (unpaired) electrons. The van der Waals surface area contributed by atoms with Crippen molar-refractivity contribution in [2.45, 2.75) is 36.6 Å². The van der Waals surface area contributed by atoms with Crippen LogP contribution in [0.5, 0.6) is 0 Å². The molecule has 9 nitrogen and oxygen atoms in total. The molecular formula is C22H24BF2N5O4S. The van der Waals surface area contributed by atoms with Crippen molar-refractivity contribution in [2.75, 3.05) is 18.4 Å². The standard InChI is InChI=1S/C22H24BF2N5O4S/c1-13(28-19(31)11-20(32)29-16-5-2-14(3-6-16)21(26)27)15-4-7-18(17(23)10-15)35(33,34)30-9-8-22(24,25)12-30/h2-7,10,13H,8-9,11-12H2,1H3,(H3,26,27)(H,28,31)(H,29,32). The van der Waals surface area contributed by atoms with Crippen LogP contribution in [-0.4, -0.2) is 57.2 Å². The van der Waals surface area contributed by atoms with E-state index in [4.69, 9.17) is 19.0 Å². The largest absolute Gasteiger partial charge is 0.384 e. The molecule has 1 unspecified atom stereocenters.